The average molecular weight is 275 g/mol. The number of aromatic nitrogens is 4. The van der Waals surface area contributed by atoms with Crippen molar-refractivity contribution in [2.75, 3.05) is 12.4 Å². The molecule has 1 N–H and O–H groups in total. The number of benzene rings is 1. The van der Waals surface area contributed by atoms with Gasteiger partial charge in [-0.2, -0.15) is 0 Å². The zero-order valence-electron chi connectivity index (χ0n) is 11.7. The van der Waals surface area contributed by atoms with E-state index >= 15 is 0 Å². The number of hydrogen-bond acceptors (Lipinski definition) is 5. The third-order valence-electron chi connectivity index (χ3n) is 2.96. The molecule has 0 fully saturated rings. The van der Waals surface area contributed by atoms with Crippen molar-refractivity contribution in [1.82, 2.24) is 20.2 Å². The van der Waals surface area contributed by atoms with Gasteiger partial charge in [0.05, 0.1) is 0 Å². The van der Waals surface area contributed by atoms with Crippen molar-refractivity contribution >= 4 is 11.6 Å². The van der Waals surface area contributed by atoms with Gasteiger partial charge in [-0.3, -0.25) is 4.79 Å². The Bertz CT molecular complexity index is 592. The van der Waals surface area contributed by atoms with Gasteiger partial charge in [0.25, 0.3) is 5.91 Å². The molecule has 2 rings (SSSR count). The van der Waals surface area contributed by atoms with Crippen LogP contribution in [0.3, 0.4) is 0 Å². The van der Waals surface area contributed by atoms with Crippen LogP contribution in [0.25, 0.3) is 11.4 Å². The van der Waals surface area contributed by atoms with Crippen LogP contribution in [0.2, 0.25) is 0 Å². The standard InChI is InChI=1S/C13H17N5O2/c1-4-11(20-3)13(19)14-10-7-5-6-9(8-10)12-15-16-17-18(12)2/h5-8,11H,4H2,1-3H3,(H,14,19). The van der Waals surface area contributed by atoms with E-state index in [-0.39, 0.29) is 5.91 Å². The molecule has 1 aromatic carbocycles. The topological polar surface area (TPSA) is 81.9 Å². The second-order valence-electron chi connectivity index (χ2n) is 4.33. The van der Waals surface area contributed by atoms with E-state index in [1.165, 1.54) is 7.11 Å². The second kappa shape index (κ2) is 6.25. The van der Waals surface area contributed by atoms with Gasteiger partial charge >= 0.3 is 0 Å². The number of methoxy groups -OCH3 is 1. The van der Waals surface area contributed by atoms with Crippen LogP contribution in [0, 0.1) is 0 Å². The van der Waals surface area contributed by atoms with Crippen LogP contribution in [0.1, 0.15) is 13.3 Å². The molecule has 1 unspecified atom stereocenters. The summed E-state index contributed by atoms with van der Waals surface area (Å²) in [5, 5.41) is 14.1. The molecule has 1 aromatic heterocycles. The largest absolute Gasteiger partial charge is 0.372 e. The van der Waals surface area contributed by atoms with Gasteiger partial charge in [0.1, 0.15) is 6.10 Å². The molecular weight excluding hydrogens is 258 g/mol. The van der Waals surface area contributed by atoms with E-state index in [9.17, 15) is 4.79 Å². The minimum absolute atomic E-state index is 0.164. The highest BCUT2D eigenvalue weighted by Crippen LogP contribution is 2.19. The van der Waals surface area contributed by atoms with Gasteiger partial charge in [-0.15, -0.1) is 5.10 Å². The molecule has 20 heavy (non-hydrogen) atoms. The second-order valence-corrected chi connectivity index (χ2v) is 4.33. The minimum Gasteiger partial charge on any atom is -0.372 e. The summed E-state index contributed by atoms with van der Waals surface area (Å²) in [4.78, 5) is 12.0. The molecule has 0 radical (unpaired) electrons. The SMILES string of the molecule is CCC(OC)C(=O)Nc1cccc(-c2nnnn2C)c1. The zero-order valence-corrected chi connectivity index (χ0v) is 11.7. The molecule has 1 atom stereocenters. The van der Waals surface area contributed by atoms with Gasteiger partial charge in [0.15, 0.2) is 5.82 Å². The Morgan fingerprint density at radius 1 is 1.50 bits per heavy atom. The maximum Gasteiger partial charge on any atom is 0.253 e. The number of carbonyl (C=O) groups is 1. The van der Waals surface area contributed by atoms with E-state index < -0.39 is 6.10 Å². The summed E-state index contributed by atoms with van der Waals surface area (Å²) >= 11 is 0. The lowest BCUT2D eigenvalue weighted by Crippen LogP contribution is -2.28. The Morgan fingerprint density at radius 3 is 2.90 bits per heavy atom. The normalized spacial score (nSPS) is 12.2. The highest BCUT2D eigenvalue weighted by molar-refractivity contribution is 5.94. The van der Waals surface area contributed by atoms with Crippen molar-refractivity contribution in [3.8, 4) is 11.4 Å². The highest BCUT2D eigenvalue weighted by Gasteiger charge is 2.15. The van der Waals surface area contributed by atoms with E-state index in [1.807, 2.05) is 31.2 Å². The van der Waals surface area contributed by atoms with Crippen LogP contribution in [-0.4, -0.2) is 39.3 Å². The van der Waals surface area contributed by atoms with Crippen molar-refractivity contribution in [1.29, 1.82) is 0 Å². The van der Waals surface area contributed by atoms with Crippen LogP contribution in [-0.2, 0) is 16.6 Å². The van der Waals surface area contributed by atoms with Gasteiger partial charge in [-0.05, 0) is 29.0 Å². The maximum absolute atomic E-state index is 12.0. The monoisotopic (exact) mass is 275 g/mol. The first-order chi connectivity index (χ1) is 9.65. The summed E-state index contributed by atoms with van der Waals surface area (Å²) in [5.74, 6) is 0.475. The lowest BCUT2D eigenvalue weighted by atomic mass is 10.1. The summed E-state index contributed by atoms with van der Waals surface area (Å²) in [7, 11) is 3.29. The fourth-order valence-electron chi connectivity index (χ4n) is 1.89. The van der Waals surface area contributed by atoms with Crippen molar-refractivity contribution in [3.63, 3.8) is 0 Å². The first-order valence-corrected chi connectivity index (χ1v) is 6.32. The molecule has 0 saturated carbocycles. The number of ether oxygens (including phenoxy) is 1. The third kappa shape index (κ3) is 3.00. The number of tetrazole rings is 1. The van der Waals surface area contributed by atoms with Crippen LogP contribution in [0.5, 0.6) is 0 Å². The molecule has 0 aliphatic carbocycles. The van der Waals surface area contributed by atoms with Crippen molar-refractivity contribution in [3.05, 3.63) is 24.3 Å². The van der Waals surface area contributed by atoms with E-state index in [1.54, 1.807) is 11.7 Å². The number of amides is 1. The molecular formula is C13H17N5O2. The van der Waals surface area contributed by atoms with E-state index in [2.05, 4.69) is 20.8 Å². The molecule has 0 aliphatic rings. The summed E-state index contributed by atoms with van der Waals surface area (Å²) in [6.45, 7) is 1.90. The van der Waals surface area contributed by atoms with Gasteiger partial charge in [0.2, 0.25) is 0 Å². The lowest BCUT2D eigenvalue weighted by Gasteiger charge is -2.13. The molecule has 0 aliphatic heterocycles. The molecule has 0 spiro atoms. The van der Waals surface area contributed by atoms with Crippen molar-refractivity contribution < 1.29 is 9.53 Å². The number of hydrogen-bond donors (Lipinski definition) is 1. The molecule has 0 saturated heterocycles. The predicted molar refractivity (Wildman–Crippen MR) is 74.0 cm³/mol. The first-order valence-electron chi connectivity index (χ1n) is 6.32. The number of nitrogens with zero attached hydrogens (tertiary/aromatic N) is 4. The van der Waals surface area contributed by atoms with Gasteiger partial charge in [-0.1, -0.05) is 19.1 Å². The smallest absolute Gasteiger partial charge is 0.253 e. The Morgan fingerprint density at radius 2 is 2.30 bits per heavy atom. The average Bonchev–Trinajstić information content (AvgIpc) is 2.86. The molecule has 1 amide bonds. The van der Waals surface area contributed by atoms with Crippen LogP contribution in [0.15, 0.2) is 24.3 Å². The number of anilines is 1. The van der Waals surface area contributed by atoms with Crippen molar-refractivity contribution in [2.45, 2.75) is 19.4 Å². The summed E-state index contributed by atoms with van der Waals surface area (Å²) < 4.78 is 6.68. The maximum atomic E-state index is 12.0. The van der Waals surface area contributed by atoms with Gasteiger partial charge in [-0.25, -0.2) is 4.68 Å². The number of carbonyl (C=O) groups excluding carboxylic acids is 1. The number of aryl methyl sites for hydroxylation is 1. The minimum atomic E-state index is -0.449. The van der Waals surface area contributed by atoms with Crippen LogP contribution < -0.4 is 5.32 Å². The summed E-state index contributed by atoms with van der Waals surface area (Å²) in [6, 6.07) is 7.36. The first kappa shape index (κ1) is 14.1. The molecule has 1 heterocycles. The Hall–Kier alpha value is -2.28. The summed E-state index contributed by atoms with van der Waals surface area (Å²) in [5.41, 5.74) is 1.52. The Balaban J connectivity index is 2.19. The molecule has 2 aromatic rings. The Kier molecular flexibility index (Phi) is 4.41. The fraction of sp³-hybridized carbons (Fsp3) is 0.385. The predicted octanol–water partition coefficient (Wildman–Crippen LogP) is 1.24. The third-order valence-corrected chi connectivity index (χ3v) is 2.96. The quantitative estimate of drug-likeness (QED) is 0.887. The zero-order chi connectivity index (χ0) is 14.5. The number of nitrogens with one attached hydrogen (secondary N) is 1. The molecule has 7 heteroatoms. The van der Waals surface area contributed by atoms with Crippen molar-refractivity contribution in [2.24, 2.45) is 7.05 Å². The molecule has 0 bridgehead atoms. The Labute approximate surface area is 116 Å². The molecule has 106 valence electrons. The number of rotatable bonds is 5. The van der Waals surface area contributed by atoms with E-state index in [0.717, 1.165) is 5.56 Å². The van der Waals surface area contributed by atoms with E-state index in [4.69, 9.17) is 4.74 Å². The van der Waals surface area contributed by atoms with E-state index in [0.29, 0.717) is 17.9 Å². The fourth-order valence-corrected chi connectivity index (χ4v) is 1.89. The molecule has 7 nitrogen and oxygen atoms in total. The lowest BCUT2D eigenvalue weighted by molar-refractivity contribution is -0.125. The summed E-state index contributed by atoms with van der Waals surface area (Å²) in [6.07, 6.45) is 0.171. The van der Waals surface area contributed by atoms with Gasteiger partial charge < -0.3 is 10.1 Å². The van der Waals surface area contributed by atoms with Crippen LogP contribution in [0.4, 0.5) is 5.69 Å². The van der Waals surface area contributed by atoms with Crippen LogP contribution >= 0.6 is 0 Å². The van der Waals surface area contributed by atoms with Gasteiger partial charge in [0, 0.05) is 25.4 Å². The highest BCUT2D eigenvalue weighted by atomic mass is 16.5.